The highest BCUT2D eigenvalue weighted by atomic mass is 79.9. The second kappa shape index (κ2) is 6.53. The number of ether oxygens (including phenoxy) is 1. The van der Waals surface area contributed by atoms with E-state index in [1.165, 1.54) is 11.1 Å². The van der Waals surface area contributed by atoms with Crippen molar-refractivity contribution in [3.05, 3.63) is 70.2 Å². The van der Waals surface area contributed by atoms with E-state index in [0.29, 0.717) is 0 Å². The predicted molar refractivity (Wildman–Crippen MR) is 84.6 cm³/mol. The first-order valence-electron chi connectivity index (χ1n) is 6.94. The number of morpholine rings is 1. The predicted octanol–water partition coefficient (Wildman–Crippen LogP) is 4.02. The first kappa shape index (κ1) is 13.8. The molecule has 1 heterocycles. The van der Waals surface area contributed by atoms with Gasteiger partial charge in [0, 0.05) is 24.1 Å². The normalized spacial score (nSPS) is 19.9. The van der Waals surface area contributed by atoms with Crippen LogP contribution >= 0.6 is 15.9 Å². The van der Waals surface area contributed by atoms with Gasteiger partial charge in [-0.2, -0.15) is 0 Å². The molecule has 1 saturated heterocycles. The minimum Gasteiger partial charge on any atom is -0.371 e. The lowest BCUT2D eigenvalue weighted by Gasteiger charge is -2.33. The van der Waals surface area contributed by atoms with Crippen molar-refractivity contribution in [2.75, 3.05) is 19.7 Å². The molecule has 2 nitrogen and oxygen atoms in total. The van der Waals surface area contributed by atoms with Crippen LogP contribution in [0.4, 0.5) is 0 Å². The fourth-order valence-electron chi connectivity index (χ4n) is 2.56. The van der Waals surface area contributed by atoms with Gasteiger partial charge in [-0.05, 0) is 23.3 Å². The van der Waals surface area contributed by atoms with Gasteiger partial charge >= 0.3 is 0 Å². The van der Waals surface area contributed by atoms with Crippen LogP contribution in [0, 0.1) is 0 Å². The first-order valence-corrected chi connectivity index (χ1v) is 7.74. The molecule has 0 aromatic heterocycles. The zero-order valence-corrected chi connectivity index (χ0v) is 12.9. The second-order valence-electron chi connectivity index (χ2n) is 5.13. The average molecular weight is 332 g/mol. The molecule has 0 N–H and O–H groups in total. The number of hydrogen-bond acceptors (Lipinski definition) is 2. The van der Waals surface area contributed by atoms with E-state index in [-0.39, 0.29) is 6.10 Å². The van der Waals surface area contributed by atoms with Gasteiger partial charge in [0.05, 0.1) is 12.7 Å². The maximum atomic E-state index is 5.90. The van der Waals surface area contributed by atoms with Crippen molar-refractivity contribution >= 4 is 15.9 Å². The van der Waals surface area contributed by atoms with Crippen LogP contribution in [-0.4, -0.2) is 24.6 Å². The Balaban J connectivity index is 1.65. The van der Waals surface area contributed by atoms with E-state index in [2.05, 4.69) is 69.4 Å². The molecule has 1 aliphatic heterocycles. The molecule has 3 heteroatoms. The Kier molecular flexibility index (Phi) is 4.51. The van der Waals surface area contributed by atoms with Crippen LogP contribution in [0.3, 0.4) is 0 Å². The number of benzene rings is 2. The van der Waals surface area contributed by atoms with E-state index in [0.717, 1.165) is 30.7 Å². The minimum atomic E-state index is 0.195. The number of rotatable bonds is 3. The summed E-state index contributed by atoms with van der Waals surface area (Å²) in [5, 5.41) is 0. The van der Waals surface area contributed by atoms with E-state index >= 15 is 0 Å². The lowest BCUT2D eigenvalue weighted by Crippen LogP contribution is -2.37. The Labute approximate surface area is 128 Å². The fourth-order valence-corrected chi connectivity index (χ4v) is 2.83. The molecule has 3 rings (SSSR count). The summed E-state index contributed by atoms with van der Waals surface area (Å²) in [7, 11) is 0. The summed E-state index contributed by atoms with van der Waals surface area (Å²) < 4.78 is 7.03. The highest BCUT2D eigenvalue weighted by Crippen LogP contribution is 2.23. The molecule has 2 aromatic carbocycles. The summed E-state index contributed by atoms with van der Waals surface area (Å²) >= 11 is 3.48. The first-order chi connectivity index (χ1) is 9.81. The maximum absolute atomic E-state index is 5.90. The summed E-state index contributed by atoms with van der Waals surface area (Å²) in [6, 6.07) is 19.1. The van der Waals surface area contributed by atoms with Crippen LogP contribution in [0.15, 0.2) is 59.1 Å². The lowest BCUT2D eigenvalue weighted by molar-refractivity contribution is -0.0329. The third kappa shape index (κ3) is 3.48. The van der Waals surface area contributed by atoms with Crippen LogP contribution in [0.1, 0.15) is 17.2 Å². The van der Waals surface area contributed by atoms with E-state index in [4.69, 9.17) is 4.74 Å². The molecule has 20 heavy (non-hydrogen) atoms. The van der Waals surface area contributed by atoms with E-state index < -0.39 is 0 Å². The molecule has 0 radical (unpaired) electrons. The van der Waals surface area contributed by atoms with Crippen molar-refractivity contribution in [3.63, 3.8) is 0 Å². The summed E-state index contributed by atoms with van der Waals surface area (Å²) in [4.78, 5) is 2.46. The van der Waals surface area contributed by atoms with Crippen molar-refractivity contribution < 1.29 is 4.74 Å². The zero-order valence-electron chi connectivity index (χ0n) is 11.3. The number of halogens is 1. The third-order valence-electron chi connectivity index (χ3n) is 3.64. The molecule has 104 valence electrons. The molecular weight excluding hydrogens is 314 g/mol. The van der Waals surface area contributed by atoms with Crippen molar-refractivity contribution in [2.45, 2.75) is 12.6 Å². The van der Waals surface area contributed by atoms with Crippen molar-refractivity contribution in [2.24, 2.45) is 0 Å². The number of nitrogens with zero attached hydrogens (tertiary/aromatic N) is 1. The molecule has 0 amide bonds. The van der Waals surface area contributed by atoms with Gasteiger partial charge in [0.1, 0.15) is 0 Å². The summed E-state index contributed by atoms with van der Waals surface area (Å²) in [5.41, 5.74) is 2.62. The highest BCUT2D eigenvalue weighted by Gasteiger charge is 2.21. The highest BCUT2D eigenvalue weighted by molar-refractivity contribution is 9.10. The minimum absolute atomic E-state index is 0.195. The molecule has 2 aromatic rings. The quantitative estimate of drug-likeness (QED) is 0.842. The summed E-state index contributed by atoms with van der Waals surface area (Å²) in [6.07, 6.45) is 0.195. The molecule has 0 spiro atoms. The molecule has 0 aliphatic carbocycles. The molecule has 1 aliphatic rings. The fraction of sp³-hybridized carbons (Fsp3) is 0.294. The number of hydrogen-bond donors (Lipinski definition) is 0. The van der Waals surface area contributed by atoms with Gasteiger partial charge < -0.3 is 4.74 Å². The molecule has 0 bridgehead atoms. The van der Waals surface area contributed by atoms with Crippen LogP contribution in [-0.2, 0) is 11.3 Å². The Bertz CT molecular complexity index is 541. The SMILES string of the molecule is Brc1ccc(CN2CCO[C@@H](c3ccccc3)C2)cc1. The van der Waals surface area contributed by atoms with Gasteiger partial charge in [0.25, 0.3) is 0 Å². The molecule has 1 atom stereocenters. The van der Waals surface area contributed by atoms with Crippen LogP contribution in [0.25, 0.3) is 0 Å². The second-order valence-corrected chi connectivity index (χ2v) is 6.05. The maximum Gasteiger partial charge on any atom is 0.0952 e. The Hall–Kier alpha value is -1.16. The Morgan fingerprint density at radius 2 is 1.80 bits per heavy atom. The van der Waals surface area contributed by atoms with Gasteiger partial charge in [-0.1, -0.05) is 58.4 Å². The molecule has 1 fully saturated rings. The largest absolute Gasteiger partial charge is 0.371 e. The third-order valence-corrected chi connectivity index (χ3v) is 4.17. The summed E-state index contributed by atoms with van der Waals surface area (Å²) in [5.74, 6) is 0. The molecular formula is C17H18BrNO. The van der Waals surface area contributed by atoms with Gasteiger partial charge in [-0.3, -0.25) is 4.90 Å². The standard InChI is InChI=1S/C17H18BrNO/c18-16-8-6-14(7-9-16)12-19-10-11-20-17(13-19)15-4-2-1-3-5-15/h1-9,17H,10-13H2/t17-/m1/s1. The van der Waals surface area contributed by atoms with E-state index in [1.54, 1.807) is 0 Å². The van der Waals surface area contributed by atoms with Gasteiger partial charge in [-0.25, -0.2) is 0 Å². The Morgan fingerprint density at radius 1 is 1.05 bits per heavy atom. The summed E-state index contributed by atoms with van der Waals surface area (Å²) in [6.45, 7) is 3.75. The van der Waals surface area contributed by atoms with E-state index in [9.17, 15) is 0 Å². The smallest absolute Gasteiger partial charge is 0.0952 e. The Morgan fingerprint density at radius 3 is 2.55 bits per heavy atom. The lowest BCUT2D eigenvalue weighted by atomic mass is 10.1. The van der Waals surface area contributed by atoms with Gasteiger partial charge in [0.15, 0.2) is 0 Å². The van der Waals surface area contributed by atoms with Crippen LogP contribution < -0.4 is 0 Å². The van der Waals surface area contributed by atoms with Crippen molar-refractivity contribution in [3.8, 4) is 0 Å². The van der Waals surface area contributed by atoms with Gasteiger partial charge in [-0.15, -0.1) is 0 Å². The van der Waals surface area contributed by atoms with E-state index in [1.807, 2.05) is 6.07 Å². The van der Waals surface area contributed by atoms with Crippen LogP contribution in [0.2, 0.25) is 0 Å². The molecule has 0 saturated carbocycles. The molecule has 0 unspecified atom stereocenters. The van der Waals surface area contributed by atoms with Crippen molar-refractivity contribution in [1.82, 2.24) is 4.90 Å². The zero-order chi connectivity index (χ0) is 13.8. The average Bonchev–Trinajstić information content (AvgIpc) is 2.51. The van der Waals surface area contributed by atoms with Gasteiger partial charge in [0.2, 0.25) is 0 Å². The van der Waals surface area contributed by atoms with Crippen molar-refractivity contribution in [1.29, 1.82) is 0 Å². The van der Waals surface area contributed by atoms with Crippen LogP contribution in [0.5, 0.6) is 0 Å². The monoisotopic (exact) mass is 331 g/mol. The topological polar surface area (TPSA) is 12.5 Å².